The molecule has 0 amide bonds. The molecule has 0 aliphatic heterocycles. The normalized spacial score (nSPS) is 10.7. The molecule has 0 aliphatic carbocycles. The van der Waals surface area contributed by atoms with E-state index in [9.17, 15) is 5.26 Å². The third-order valence-electron chi connectivity index (χ3n) is 3.08. The summed E-state index contributed by atoms with van der Waals surface area (Å²) in [7, 11) is 0. The van der Waals surface area contributed by atoms with Gasteiger partial charge in [0, 0.05) is 18.0 Å². The van der Waals surface area contributed by atoms with Crippen LogP contribution >= 0.6 is 0 Å². The molecule has 0 fully saturated rings. The fourth-order valence-electron chi connectivity index (χ4n) is 2.15. The number of rotatable bonds is 4. The molecule has 98 valence electrons. The van der Waals surface area contributed by atoms with Crippen molar-refractivity contribution in [2.24, 2.45) is 0 Å². The van der Waals surface area contributed by atoms with Gasteiger partial charge in [0.05, 0.1) is 23.8 Å². The standard InChI is InChI=1S/C15H17N3O/c1-11(2)18(7-8-19)15-9-12(10-16)13-5-3-4-6-14(13)17-15/h3-6,9,11,19H,7-8H2,1-2H3. The molecule has 4 nitrogen and oxygen atoms in total. The van der Waals surface area contributed by atoms with Crippen molar-refractivity contribution in [3.8, 4) is 6.07 Å². The average molecular weight is 255 g/mol. The third-order valence-corrected chi connectivity index (χ3v) is 3.08. The van der Waals surface area contributed by atoms with Gasteiger partial charge in [-0.3, -0.25) is 0 Å². The largest absolute Gasteiger partial charge is 0.395 e. The van der Waals surface area contributed by atoms with E-state index in [4.69, 9.17) is 5.11 Å². The Balaban J connectivity index is 2.58. The molecule has 0 bridgehead atoms. The molecule has 19 heavy (non-hydrogen) atoms. The van der Waals surface area contributed by atoms with E-state index in [0.29, 0.717) is 12.1 Å². The minimum absolute atomic E-state index is 0.0641. The van der Waals surface area contributed by atoms with Gasteiger partial charge in [0.25, 0.3) is 0 Å². The minimum Gasteiger partial charge on any atom is -0.395 e. The van der Waals surface area contributed by atoms with Gasteiger partial charge in [-0.1, -0.05) is 18.2 Å². The zero-order chi connectivity index (χ0) is 13.8. The summed E-state index contributed by atoms with van der Waals surface area (Å²) in [5.41, 5.74) is 1.42. The van der Waals surface area contributed by atoms with Gasteiger partial charge < -0.3 is 10.0 Å². The van der Waals surface area contributed by atoms with Crippen LogP contribution in [-0.4, -0.2) is 29.3 Å². The maximum absolute atomic E-state index is 9.26. The number of hydrogen-bond donors (Lipinski definition) is 1. The Hall–Kier alpha value is -2.12. The van der Waals surface area contributed by atoms with E-state index in [-0.39, 0.29) is 12.6 Å². The number of nitriles is 1. The number of aromatic nitrogens is 1. The molecule has 1 heterocycles. The fraction of sp³-hybridized carbons (Fsp3) is 0.333. The van der Waals surface area contributed by atoms with Crippen LogP contribution in [0.2, 0.25) is 0 Å². The van der Waals surface area contributed by atoms with Crippen molar-refractivity contribution >= 4 is 16.7 Å². The fourth-order valence-corrected chi connectivity index (χ4v) is 2.15. The molecule has 0 unspecified atom stereocenters. The summed E-state index contributed by atoms with van der Waals surface area (Å²) >= 11 is 0. The first-order chi connectivity index (χ1) is 9.17. The summed E-state index contributed by atoms with van der Waals surface area (Å²) in [6, 6.07) is 11.8. The van der Waals surface area contributed by atoms with Crippen molar-refractivity contribution in [1.82, 2.24) is 4.98 Å². The highest BCUT2D eigenvalue weighted by atomic mass is 16.3. The van der Waals surface area contributed by atoms with Gasteiger partial charge in [0.15, 0.2) is 0 Å². The second-order valence-electron chi connectivity index (χ2n) is 4.67. The molecule has 2 rings (SSSR count). The lowest BCUT2D eigenvalue weighted by atomic mass is 10.1. The minimum atomic E-state index is 0.0641. The van der Waals surface area contributed by atoms with Crippen LogP contribution in [0.4, 0.5) is 5.82 Å². The summed E-state index contributed by atoms with van der Waals surface area (Å²) in [5, 5.41) is 19.3. The van der Waals surface area contributed by atoms with Crippen molar-refractivity contribution < 1.29 is 5.11 Å². The Morgan fingerprint density at radius 2 is 2.11 bits per heavy atom. The van der Waals surface area contributed by atoms with Crippen LogP contribution in [0, 0.1) is 11.3 Å². The first kappa shape index (κ1) is 13.3. The smallest absolute Gasteiger partial charge is 0.130 e. The van der Waals surface area contributed by atoms with Crippen LogP contribution in [-0.2, 0) is 0 Å². The van der Waals surface area contributed by atoms with Crippen molar-refractivity contribution in [2.75, 3.05) is 18.1 Å². The number of aliphatic hydroxyl groups is 1. The summed E-state index contributed by atoms with van der Waals surface area (Å²) < 4.78 is 0. The van der Waals surface area contributed by atoms with Crippen LogP contribution in [0.1, 0.15) is 19.4 Å². The Bertz CT molecular complexity index is 616. The van der Waals surface area contributed by atoms with Gasteiger partial charge in [-0.05, 0) is 26.0 Å². The predicted octanol–water partition coefficient (Wildman–Crippen LogP) is 2.31. The van der Waals surface area contributed by atoms with E-state index in [1.165, 1.54) is 0 Å². The van der Waals surface area contributed by atoms with E-state index < -0.39 is 0 Å². The highest BCUT2D eigenvalue weighted by Gasteiger charge is 2.14. The van der Waals surface area contributed by atoms with Crippen LogP contribution in [0.15, 0.2) is 30.3 Å². The SMILES string of the molecule is CC(C)N(CCO)c1cc(C#N)c2ccccc2n1. The maximum atomic E-state index is 9.26. The van der Waals surface area contributed by atoms with Crippen molar-refractivity contribution in [3.05, 3.63) is 35.9 Å². The van der Waals surface area contributed by atoms with Crippen LogP contribution < -0.4 is 4.90 Å². The number of pyridine rings is 1. The number of para-hydroxylation sites is 1. The molecule has 1 aromatic heterocycles. The first-order valence-corrected chi connectivity index (χ1v) is 6.34. The maximum Gasteiger partial charge on any atom is 0.130 e. The molecule has 0 atom stereocenters. The Morgan fingerprint density at radius 1 is 1.37 bits per heavy atom. The zero-order valence-corrected chi connectivity index (χ0v) is 11.2. The predicted molar refractivity (Wildman–Crippen MR) is 76.0 cm³/mol. The van der Waals surface area contributed by atoms with E-state index in [1.54, 1.807) is 6.07 Å². The summed E-state index contributed by atoms with van der Waals surface area (Å²) in [4.78, 5) is 6.58. The number of anilines is 1. The number of aliphatic hydroxyl groups excluding tert-OH is 1. The molecule has 0 saturated heterocycles. The van der Waals surface area contributed by atoms with Gasteiger partial charge in [0.1, 0.15) is 5.82 Å². The van der Waals surface area contributed by atoms with Crippen molar-refractivity contribution in [2.45, 2.75) is 19.9 Å². The molecule has 0 saturated carbocycles. The first-order valence-electron chi connectivity index (χ1n) is 6.34. The molecule has 0 spiro atoms. The summed E-state index contributed by atoms with van der Waals surface area (Å²) in [6.45, 7) is 4.65. The van der Waals surface area contributed by atoms with Gasteiger partial charge in [-0.2, -0.15) is 5.26 Å². The van der Waals surface area contributed by atoms with Gasteiger partial charge in [-0.25, -0.2) is 4.98 Å². The topological polar surface area (TPSA) is 60.1 Å². The molecule has 0 aliphatic rings. The Kier molecular flexibility index (Phi) is 3.98. The monoisotopic (exact) mass is 255 g/mol. The summed E-state index contributed by atoms with van der Waals surface area (Å²) in [6.07, 6.45) is 0. The van der Waals surface area contributed by atoms with Crippen molar-refractivity contribution in [3.63, 3.8) is 0 Å². The van der Waals surface area contributed by atoms with E-state index >= 15 is 0 Å². The molecule has 4 heteroatoms. The zero-order valence-electron chi connectivity index (χ0n) is 11.2. The second kappa shape index (κ2) is 5.68. The van der Waals surface area contributed by atoms with E-state index in [1.807, 2.05) is 43.0 Å². The van der Waals surface area contributed by atoms with E-state index in [0.717, 1.165) is 16.7 Å². The quantitative estimate of drug-likeness (QED) is 0.910. The van der Waals surface area contributed by atoms with Gasteiger partial charge in [0.2, 0.25) is 0 Å². The molecule has 1 aromatic carbocycles. The van der Waals surface area contributed by atoms with Crippen LogP contribution in [0.5, 0.6) is 0 Å². The van der Waals surface area contributed by atoms with Gasteiger partial charge in [-0.15, -0.1) is 0 Å². The number of benzene rings is 1. The Labute approximate surface area is 112 Å². The second-order valence-corrected chi connectivity index (χ2v) is 4.67. The summed E-state index contributed by atoms with van der Waals surface area (Å²) in [5.74, 6) is 0.735. The van der Waals surface area contributed by atoms with E-state index in [2.05, 4.69) is 11.1 Å². The lowest BCUT2D eigenvalue weighted by Gasteiger charge is -2.27. The van der Waals surface area contributed by atoms with Gasteiger partial charge >= 0.3 is 0 Å². The number of hydrogen-bond acceptors (Lipinski definition) is 4. The third kappa shape index (κ3) is 2.67. The molecule has 1 N–H and O–H groups in total. The van der Waals surface area contributed by atoms with Crippen molar-refractivity contribution in [1.29, 1.82) is 5.26 Å². The molecule has 2 aromatic rings. The molecule has 0 radical (unpaired) electrons. The average Bonchev–Trinajstić information content (AvgIpc) is 2.43. The molecular weight excluding hydrogens is 238 g/mol. The lowest BCUT2D eigenvalue weighted by Crippen LogP contribution is -2.34. The Morgan fingerprint density at radius 3 is 2.74 bits per heavy atom. The number of nitrogens with zero attached hydrogens (tertiary/aromatic N) is 3. The molecular formula is C15H17N3O. The highest BCUT2D eigenvalue weighted by Crippen LogP contribution is 2.23. The lowest BCUT2D eigenvalue weighted by molar-refractivity contribution is 0.298. The van der Waals surface area contributed by atoms with Crippen LogP contribution in [0.25, 0.3) is 10.9 Å². The van der Waals surface area contributed by atoms with Crippen LogP contribution in [0.3, 0.4) is 0 Å². The highest BCUT2D eigenvalue weighted by molar-refractivity contribution is 5.86. The number of fused-ring (bicyclic) bond motifs is 1.